The zero-order valence-electron chi connectivity index (χ0n) is 8.30. The van der Waals surface area contributed by atoms with Crippen molar-refractivity contribution < 1.29 is 19.6 Å². The van der Waals surface area contributed by atoms with Crippen LogP contribution in [0.4, 0.5) is 5.69 Å². The molecule has 17 heavy (non-hydrogen) atoms. The predicted octanol–water partition coefficient (Wildman–Crippen LogP) is 2.32. The number of para-hydroxylation sites is 1. The highest BCUT2D eigenvalue weighted by Gasteiger charge is 2.21. The zero-order chi connectivity index (χ0) is 13.0. The molecule has 92 valence electrons. The Morgan fingerprint density at radius 2 is 2.24 bits per heavy atom. The summed E-state index contributed by atoms with van der Waals surface area (Å²) in [6.45, 7) is -0.415. The Labute approximate surface area is 106 Å². The summed E-state index contributed by atoms with van der Waals surface area (Å²) in [5.74, 6) is -1.47. The van der Waals surface area contributed by atoms with E-state index in [2.05, 4.69) is 0 Å². The molecule has 0 saturated carbocycles. The van der Waals surface area contributed by atoms with E-state index in [1.165, 1.54) is 18.2 Å². The number of hydrogen-bond acceptors (Lipinski definition) is 4. The third-order valence-corrected chi connectivity index (χ3v) is 2.40. The van der Waals surface area contributed by atoms with Crippen molar-refractivity contribution in [3.63, 3.8) is 0 Å². The minimum Gasteiger partial charge on any atom is -0.484 e. The SMILES string of the molecule is O=C(O)C(Cl)COc1c(Cl)cccc1[N+](=O)[O-]. The molecule has 0 saturated heterocycles. The minimum atomic E-state index is -1.30. The van der Waals surface area contributed by atoms with Gasteiger partial charge in [-0.05, 0) is 6.07 Å². The Bertz CT molecular complexity index is 451. The highest BCUT2D eigenvalue weighted by atomic mass is 35.5. The number of nitrogens with zero attached hydrogens (tertiary/aromatic N) is 1. The van der Waals surface area contributed by atoms with Gasteiger partial charge in [-0.2, -0.15) is 0 Å². The molecular weight excluding hydrogens is 273 g/mol. The molecule has 6 nitrogen and oxygen atoms in total. The van der Waals surface area contributed by atoms with Gasteiger partial charge in [0.1, 0.15) is 6.61 Å². The predicted molar refractivity (Wildman–Crippen MR) is 60.9 cm³/mol. The fourth-order valence-electron chi connectivity index (χ4n) is 1.01. The molecule has 1 atom stereocenters. The molecule has 0 aliphatic rings. The molecule has 0 heterocycles. The summed E-state index contributed by atoms with van der Waals surface area (Å²) in [7, 11) is 0. The molecule has 0 spiro atoms. The fraction of sp³-hybridized carbons (Fsp3) is 0.222. The fourth-order valence-corrected chi connectivity index (χ4v) is 1.30. The van der Waals surface area contributed by atoms with Crippen LogP contribution in [-0.4, -0.2) is 28.0 Å². The number of carbonyl (C=O) groups is 1. The van der Waals surface area contributed by atoms with Gasteiger partial charge in [0, 0.05) is 6.07 Å². The van der Waals surface area contributed by atoms with Crippen LogP contribution in [0.1, 0.15) is 0 Å². The largest absolute Gasteiger partial charge is 0.484 e. The molecule has 1 N–H and O–H groups in total. The average Bonchev–Trinajstić information content (AvgIpc) is 2.26. The van der Waals surface area contributed by atoms with Crippen LogP contribution >= 0.6 is 23.2 Å². The second-order valence-corrected chi connectivity index (χ2v) is 3.90. The number of carboxylic acids is 1. The third-order valence-electron chi connectivity index (χ3n) is 1.78. The summed E-state index contributed by atoms with van der Waals surface area (Å²) in [5, 5.41) is 17.9. The Hall–Kier alpha value is -1.53. The van der Waals surface area contributed by atoms with Gasteiger partial charge in [-0.25, -0.2) is 0 Å². The van der Waals surface area contributed by atoms with Crippen LogP contribution < -0.4 is 4.74 Å². The lowest BCUT2D eigenvalue weighted by atomic mass is 10.3. The number of hydrogen-bond donors (Lipinski definition) is 1. The number of alkyl halides is 1. The van der Waals surface area contributed by atoms with Crippen LogP contribution in [0.2, 0.25) is 5.02 Å². The van der Waals surface area contributed by atoms with E-state index in [4.69, 9.17) is 33.0 Å². The van der Waals surface area contributed by atoms with E-state index < -0.39 is 22.9 Å². The number of rotatable bonds is 5. The molecule has 0 aliphatic carbocycles. The molecule has 8 heteroatoms. The van der Waals surface area contributed by atoms with E-state index in [0.717, 1.165) is 0 Å². The smallest absolute Gasteiger partial charge is 0.325 e. The van der Waals surface area contributed by atoms with Crippen molar-refractivity contribution >= 4 is 34.9 Å². The van der Waals surface area contributed by atoms with Crippen LogP contribution in [0.25, 0.3) is 0 Å². The highest BCUT2D eigenvalue weighted by Crippen LogP contribution is 2.34. The molecule has 0 aliphatic heterocycles. The van der Waals surface area contributed by atoms with Gasteiger partial charge in [-0.1, -0.05) is 17.7 Å². The lowest BCUT2D eigenvalue weighted by Crippen LogP contribution is -2.21. The quantitative estimate of drug-likeness (QED) is 0.507. The first-order valence-corrected chi connectivity index (χ1v) is 5.17. The molecule has 1 aromatic rings. The summed E-state index contributed by atoms with van der Waals surface area (Å²) < 4.78 is 4.97. The topological polar surface area (TPSA) is 89.7 Å². The van der Waals surface area contributed by atoms with Crippen molar-refractivity contribution in [2.75, 3.05) is 6.61 Å². The number of nitro groups is 1. The Kier molecular flexibility index (Phi) is 4.53. The van der Waals surface area contributed by atoms with Crippen molar-refractivity contribution in [1.82, 2.24) is 0 Å². The molecule has 0 bridgehead atoms. The number of halogens is 2. The van der Waals surface area contributed by atoms with Gasteiger partial charge in [-0.15, -0.1) is 11.6 Å². The van der Waals surface area contributed by atoms with Crippen LogP contribution in [0.3, 0.4) is 0 Å². The summed E-state index contributed by atoms with van der Waals surface area (Å²) in [4.78, 5) is 20.4. The Balaban J connectivity index is 2.90. The van der Waals surface area contributed by atoms with Crippen LogP contribution in [0, 0.1) is 10.1 Å². The van der Waals surface area contributed by atoms with Crippen LogP contribution in [-0.2, 0) is 4.79 Å². The van der Waals surface area contributed by atoms with Gasteiger partial charge in [0.05, 0.1) is 9.95 Å². The van der Waals surface area contributed by atoms with Gasteiger partial charge in [0.15, 0.2) is 5.38 Å². The molecule has 1 unspecified atom stereocenters. The first kappa shape index (κ1) is 13.5. The third kappa shape index (κ3) is 3.47. The van der Waals surface area contributed by atoms with E-state index in [1.54, 1.807) is 0 Å². The first-order chi connectivity index (χ1) is 7.93. The first-order valence-electron chi connectivity index (χ1n) is 4.36. The monoisotopic (exact) mass is 279 g/mol. The molecular formula is C9H7Cl2NO5. The van der Waals surface area contributed by atoms with Gasteiger partial charge >= 0.3 is 11.7 Å². The summed E-state index contributed by atoms with van der Waals surface area (Å²) >= 11 is 11.1. The standard InChI is InChI=1S/C9H7Cl2NO5/c10-5-2-1-3-7(12(15)16)8(5)17-4-6(11)9(13)14/h1-3,6H,4H2,(H,13,14). The van der Waals surface area contributed by atoms with Gasteiger partial charge < -0.3 is 9.84 Å². The number of ether oxygens (including phenoxy) is 1. The number of nitro benzene ring substituents is 1. The molecule has 1 aromatic carbocycles. The van der Waals surface area contributed by atoms with Crippen molar-refractivity contribution in [3.05, 3.63) is 33.3 Å². The molecule has 1 rings (SSSR count). The van der Waals surface area contributed by atoms with Crippen molar-refractivity contribution in [2.45, 2.75) is 5.38 Å². The van der Waals surface area contributed by atoms with Crippen LogP contribution in [0.15, 0.2) is 18.2 Å². The number of benzene rings is 1. The maximum atomic E-state index is 10.7. The number of carboxylic acid groups (broad SMARTS) is 1. The maximum absolute atomic E-state index is 10.7. The zero-order valence-corrected chi connectivity index (χ0v) is 9.81. The van der Waals surface area contributed by atoms with Crippen molar-refractivity contribution in [1.29, 1.82) is 0 Å². The molecule has 0 fully saturated rings. The molecule has 0 radical (unpaired) electrons. The van der Waals surface area contributed by atoms with Gasteiger partial charge in [-0.3, -0.25) is 14.9 Å². The van der Waals surface area contributed by atoms with Crippen molar-refractivity contribution in [2.24, 2.45) is 0 Å². The minimum absolute atomic E-state index is 0.0217. The normalized spacial score (nSPS) is 11.9. The lowest BCUT2D eigenvalue weighted by Gasteiger charge is -2.09. The highest BCUT2D eigenvalue weighted by molar-refractivity contribution is 6.32. The van der Waals surface area contributed by atoms with Crippen LogP contribution in [0.5, 0.6) is 5.75 Å². The van der Waals surface area contributed by atoms with Gasteiger partial charge in [0.2, 0.25) is 5.75 Å². The van der Waals surface area contributed by atoms with Gasteiger partial charge in [0.25, 0.3) is 0 Å². The second kappa shape index (κ2) is 5.70. The second-order valence-electron chi connectivity index (χ2n) is 2.96. The van der Waals surface area contributed by atoms with E-state index >= 15 is 0 Å². The summed E-state index contributed by atoms with van der Waals surface area (Å²) in [6, 6.07) is 3.99. The van der Waals surface area contributed by atoms with Crippen molar-refractivity contribution in [3.8, 4) is 5.75 Å². The summed E-state index contributed by atoms with van der Waals surface area (Å²) in [5.41, 5.74) is -0.341. The maximum Gasteiger partial charge on any atom is 0.325 e. The van der Waals surface area contributed by atoms with E-state index in [0.29, 0.717) is 0 Å². The Morgan fingerprint density at radius 3 is 2.76 bits per heavy atom. The summed E-state index contributed by atoms with van der Waals surface area (Å²) in [6.07, 6.45) is 0. The van der Waals surface area contributed by atoms with E-state index in [-0.39, 0.29) is 16.5 Å². The lowest BCUT2D eigenvalue weighted by molar-refractivity contribution is -0.385. The average molecular weight is 280 g/mol. The molecule has 0 amide bonds. The number of aliphatic carboxylic acids is 1. The van der Waals surface area contributed by atoms with E-state index in [1.807, 2.05) is 0 Å². The Morgan fingerprint density at radius 1 is 1.59 bits per heavy atom. The molecule has 0 aromatic heterocycles. The van der Waals surface area contributed by atoms with E-state index in [9.17, 15) is 14.9 Å².